The number of benzene rings is 1. The summed E-state index contributed by atoms with van der Waals surface area (Å²) in [6.07, 6.45) is 4.37. The molecule has 2 aromatic rings. The van der Waals surface area contributed by atoms with E-state index in [1.54, 1.807) is 26.0 Å². The van der Waals surface area contributed by atoms with Gasteiger partial charge >= 0.3 is 5.97 Å². The summed E-state index contributed by atoms with van der Waals surface area (Å²) in [6, 6.07) is 6.18. The Morgan fingerprint density at radius 3 is 2.58 bits per heavy atom. The van der Waals surface area contributed by atoms with Crippen LogP contribution in [0.5, 0.6) is 0 Å². The fraction of sp³-hybridized carbons (Fsp3) is 0.522. The van der Waals surface area contributed by atoms with Crippen molar-refractivity contribution in [2.24, 2.45) is 0 Å². The number of anilines is 1. The van der Waals surface area contributed by atoms with E-state index in [1.807, 2.05) is 0 Å². The maximum Gasteiger partial charge on any atom is 0.350 e. The van der Waals surface area contributed by atoms with Crippen LogP contribution in [0.25, 0.3) is 0 Å². The van der Waals surface area contributed by atoms with Gasteiger partial charge in [0, 0.05) is 25.2 Å². The Bertz CT molecular complexity index is 1090. The average molecular weight is 494 g/mol. The first kappa shape index (κ1) is 25.3. The van der Waals surface area contributed by atoms with Gasteiger partial charge in [-0.2, -0.15) is 4.31 Å². The topological polar surface area (TPSA) is 96.9 Å². The van der Waals surface area contributed by atoms with E-state index in [0.717, 1.165) is 43.4 Å². The Morgan fingerprint density at radius 2 is 1.91 bits per heavy atom. The molecule has 2 heterocycles. The van der Waals surface area contributed by atoms with Gasteiger partial charge in [0.1, 0.15) is 4.88 Å². The predicted molar refractivity (Wildman–Crippen MR) is 128 cm³/mol. The fourth-order valence-electron chi connectivity index (χ4n) is 3.71. The predicted octanol–water partition coefficient (Wildman–Crippen LogP) is 4.25. The summed E-state index contributed by atoms with van der Waals surface area (Å²) in [5, 5.41) is 0.407. The van der Waals surface area contributed by atoms with Gasteiger partial charge in [0.25, 0.3) is 5.91 Å². The monoisotopic (exact) mass is 493 g/mol. The Hall–Kier alpha value is -2.30. The number of nitrogens with zero attached hydrogens (tertiary/aromatic N) is 3. The van der Waals surface area contributed by atoms with Gasteiger partial charge in [-0.05, 0) is 51.3 Å². The lowest BCUT2D eigenvalue weighted by Crippen LogP contribution is -2.32. The maximum atomic E-state index is 13.5. The Balaban J connectivity index is 1.93. The van der Waals surface area contributed by atoms with E-state index in [9.17, 15) is 18.0 Å². The molecule has 0 spiro atoms. The molecular weight excluding hydrogens is 462 g/mol. The van der Waals surface area contributed by atoms with Crippen LogP contribution in [0.3, 0.4) is 0 Å². The van der Waals surface area contributed by atoms with Crippen LogP contribution in [0.15, 0.2) is 29.2 Å². The molecule has 1 aliphatic heterocycles. The van der Waals surface area contributed by atoms with Gasteiger partial charge in [-0.1, -0.05) is 37.2 Å². The Labute approximate surface area is 199 Å². The minimum atomic E-state index is -3.64. The number of thiazole rings is 1. The molecule has 1 saturated heterocycles. The molecule has 0 aliphatic carbocycles. The van der Waals surface area contributed by atoms with E-state index in [2.05, 4.69) is 11.9 Å². The van der Waals surface area contributed by atoms with Crippen LogP contribution in [0, 0.1) is 6.92 Å². The van der Waals surface area contributed by atoms with Gasteiger partial charge in [0.05, 0.1) is 17.2 Å². The number of esters is 1. The summed E-state index contributed by atoms with van der Waals surface area (Å²) in [5.41, 5.74) is 0.782. The molecule has 33 heavy (non-hydrogen) atoms. The third kappa shape index (κ3) is 5.80. The number of aryl methyl sites for hydroxylation is 1. The number of amides is 1. The number of aromatic nitrogens is 1. The molecule has 1 amide bonds. The van der Waals surface area contributed by atoms with Crippen molar-refractivity contribution in [1.82, 2.24) is 9.29 Å². The van der Waals surface area contributed by atoms with Gasteiger partial charge in [0.15, 0.2) is 5.13 Å². The summed E-state index contributed by atoms with van der Waals surface area (Å²) >= 11 is 1.12. The van der Waals surface area contributed by atoms with Crippen molar-refractivity contribution in [1.29, 1.82) is 0 Å². The van der Waals surface area contributed by atoms with Crippen molar-refractivity contribution in [3.63, 3.8) is 0 Å². The standard InChI is InChI=1S/C23H31N3O5S2/c1-4-6-7-15-26(23-24-17(3)20(32-23)22(28)31-5-2)21(27)18-11-10-12-19(16-18)33(29,30)25-13-8-9-14-25/h10-12,16H,4-9,13-15H2,1-3H3. The fourth-order valence-corrected chi connectivity index (χ4v) is 6.26. The van der Waals surface area contributed by atoms with Crippen LogP contribution >= 0.6 is 11.3 Å². The third-order valence-electron chi connectivity index (χ3n) is 5.49. The minimum Gasteiger partial charge on any atom is -0.462 e. The molecule has 1 aromatic heterocycles. The molecule has 1 aliphatic rings. The largest absolute Gasteiger partial charge is 0.462 e. The molecular formula is C23H31N3O5S2. The highest BCUT2D eigenvalue weighted by Gasteiger charge is 2.29. The normalized spacial score (nSPS) is 14.4. The van der Waals surface area contributed by atoms with Crippen LogP contribution in [0.2, 0.25) is 0 Å². The number of hydrogen-bond acceptors (Lipinski definition) is 7. The van der Waals surface area contributed by atoms with Gasteiger partial charge in [-0.15, -0.1) is 0 Å². The zero-order valence-corrected chi connectivity index (χ0v) is 21.0. The van der Waals surface area contributed by atoms with Crippen LogP contribution in [-0.2, 0) is 14.8 Å². The van der Waals surface area contributed by atoms with Crippen LogP contribution in [-0.4, -0.2) is 55.8 Å². The van der Waals surface area contributed by atoms with E-state index in [0.29, 0.717) is 35.3 Å². The molecule has 0 unspecified atom stereocenters. The minimum absolute atomic E-state index is 0.117. The first-order valence-electron chi connectivity index (χ1n) is 11.4. The first-order valence-corrected chi connectivity index (χ1v) is 13.6. The number of carbonyl (C=O) groups excluding carboxylic acids is 2. The smallest absolute Gasteiger partial charge is 0.350 e. The van der Waals surface area contributed by atoms with E-state index < -0.39 is 16.0 Å². The second-order valence-corrected chi connectivity index (χ2v) is 10.8. The van der Waals surface area contributed by atoms with Crippen molar-refractivity contribution in [2.75, 3.05) is 31.1 Å². The number of unbranched alkanes of at least 4 members (excludes halogenated alkanes) is 2. The summed E-state index contributed by atoms with van der Waals surface area (Å²) in [6.45, 7) is 7.19. The average Bonchev–Trinajstić information content (AvgIpc) is 3.47. The lowest BCUT2D eigenvalue weighted by Gasteiger charge is -2.21. The third-order valence-corrected chi connectivity index (χ3v) is 8.55. The summed E-state index contributed by atoms with van der Waals surface area (Å²) in [4.78, 5) is 32.3. The molecule has 0 N–H and O–H groups in total. The number of rotatable bonds is 10. The van der Waals surface area contributed by atoms with Crippen LogP contribution in [0.1, 0.15) is 71.7 Å². The number of hydrogen-bond donors (Lipinski definition) is 0. The van der Waals surface area contributed by atoms with Gasteiger partial charge < -0.3 is 4.74 Å². The molecule has 0 saturated carbocycles. The van der Waals surface area contributed by atoms with Crippen molar-refractivity contribution in [3.05, 3.63) is 40.4 Å². The van der Waals surface area contributed by atoms with Crippen molar-refractivity contribution >= 4 is 38.4 Å². The summed E-state index contributed by atoms with van der Waals surface area (Å²) < 4.78 is 32.5. The van der Waals surface area contributed by atoms with E-state index >= 15 is 0 Å². The lowest BCUT2D eigenvalue weighted by atomic mass is 10.2. The molecule has 8 nitrogen and oxygen atoms in total. The molecule has 10 heteroatoms. The van der Waals surface area contributed by atoms with Crippen LogP contribution < -0.4 is 4.90 Å². The highest BCUT2D eigenvalue weighted by Crippen LogP contribution is 2.29. The van der Waals surface area contributed by atoms with Gasteiger partial charge in [-0.25, -0.2) is 18.2 Å². The Kier molecular flexibility index (Phi) is 8.61. The maximum absolute atomic E-state index is 13.5. The molecule has 0 bridgehead atoms. The second kappa shape index (κ2) is 11.2. The zero-order valence-electron chi connectivity index (χ0n) is 19.4. The second-order valence-electron chi connectivity index (χ2n) is 7.93. The number of carbonyl (C=O) groups is 2. The molecule has 180 valence electrons. The number of ether oxygens (including phenoxy) is 1. The van der Waals surface area contributed by atoms with Crippen molar-refractivity contribution in [2.45, 2.75) is 57.8 Å². The SMILES string of the molecule is CCCCCN(C(=O)c1cccc(S(=O)(=O)N2CCCC2)c1)c1nc(C)c(C(=O)OCC)s1. The summed E-state index contributed by atoms with van der Waals surface area (Å²) in [5.74, 6) is -0.799. The van der Waals surface area contributed by atoms with E-state index in [1.165, 1.54) is 21.3 Å². The highest BCUT2D eigenvalue weighted by atomic mass is 32.2. The van der Waals surface area contributed by atoms with E-state index in [-0.39, 0.29) is 23.0 Å². The molecule has 0 radical (unpaired) electrons. The van der Waals surface area contributed by atoms with Crippen molar-refractivity contribution < 1.29 is 22.7 Å². The number of sulfonamides is 1. The van der Waals surface area contributed by atoms with Gasteiger partial charge in [0.2, 0.25) is 10.0 Å². The Morgan fingerprint density at radius 1 is 1.18 bits per heavy atom. The molecule has 0 atom stereocenters. The van der Waals surface area contributed by atoms with Crippen molar-refractivity contribution in [3.8, 4) is 0 Å². The summed E-state index contributed by atoms with van der Waals surface area (Å²) in [7, 11) is -3.64. The zero-order chi connectivity index (χ0) is 24.0. The van der Waals surface area contributed by atoms with E-state index in [4.69, 9.17) is 4.74 Å². The highest BCUT2D eigenvalue weighted by molar-refractivity contribution is 7.89. The molecule has 1 aromatic carbocycles. The lowest BCUT2D eigenvalue weighted by molar-refractivity contribution is 0.0531. The van der Waals surface area contributed by atoms with Crippen LogP contribution in [0.4, 0.5) is 5.13 Å². The first-order chi connectivity index (χ1) is 15.8. The molecule has 3 rings (SSSR count). The quantitative estimate of drug-likeness (QED) is 0.363. The molecule has 1 fully saturated rings. The van der Waals surface area contributed by atoms with Gasteiger partial charge in [-0.3, -0.25) is 9.69 Å².